The Balaban J connectivity index is 1.99. The monoisotopic (exact) mass is 423 g/mol. The molecule has 0 aliphatic carbocycles. The van der Waals surface area contributed by atoms with Gasteiger partial charge in [0.15, 0.2) is 12.0 Å². The van der Waals surface area contributed by atoms with Gasteiger partial charge in [0, 0.05) is 17.1 Å². The van der Waals surface area contributed by atoms with E-state index in [9.17, 15) is 24.0 Å². The van der Waals surface area contributed by atoms with Gasteiger partial charge >= 0.3 is 7.82 Å². The first-order valence-electron chi connectivity index (χ1n) is 7.52. The quantitative estimate of drug-likeness (QED) is 0.323. The van der Waals surface area contributed by atoms with Crippen molar-refractivity contribution in [2.24, 2.45) is 0 Å². The zero-order valence-electron chi connectivity index (χ0n) is 13.6. The number of aliphatic hydroxyl groups excluding tert-OH is 2. The molecule has 4 atom stereocenters. The summed E-state index contributed by atoms with van der Waals surface area (Å²) in [4.78, 5) is 35.2. The maximum absolute atomic E-state index is 13.9. The Bertz CT molecular complexity index is 1050. The van der Waals surface area contributed by atoms with Crippen molar-refractivity contribution in [3.63, 3.8) is 0 Å². The third-order valence-electron chi connectivity index (χ3n) is 4.13. The average Bonchev–Trinajstić information content (AvgIpc) is 2.85. The van der Waals surface area contributed by atoms with E-state index in [1.54, 1.807) is 0 Å². The predicted octanol–water partition coefficient (Wildman–Crippen LogP) is -0.370. The summed E-state index contributed by atoms with van der Waals surface area (Å²) in [5, 5.41) is 20.5. The number of nitrogens with one attached hydrogen (secondary N) is 1. The highest BCUT2D eigenvalue weighted by atomic mass is 32.1. The number of aryl methyl sites for hydroxylation is 1. The SMILES string of the molecule is Cc1c(F)c(=O)[nH]c2nc(=S)n([C@@H]3O[C@H](COP(=O)(O)O)C(O)[C@@H]3O)cc12. The number of nitrogens with zero attached hydrogens (tertiary/aromatic N) is 2. The van der Waals surface area contributed by atoms with Crippen molar-refractivity contribution >= 4 is 31.1 Å². The second kappa shape index (κ2) is 7.11. The fourth-order valence-corrected chi connectivity index (χ4v) is 3.33. The van der Waals surface area contributed by atoms with E-state index in [1.165, 1.54) is 13.1 Å². The molecule has 27 heavy (non-hydrogen) atoms. The molecule has 0 radical (unpaired) electrons. The van der Waals surface area contributed by atoms with Gasteiger partial charge in [-0.15, -0.1) is 0 Å². The summed E-state index contributed by atoms with van der Waals surface area (Å²) in [6.07, 6.45) is -4.30. The Morgan fingerprint density at radius 2 is 2.11 bits per heavy atom. The second-order valence-electron chi connectivity index (χ2n) is 5.92. The summed E-state index contributed by atoms with van der Waals surface area (Å²) in [6.45, 7) is 0.674. The first kappa shape index (κ1) is 20.2. The van der Waals surface area contributed by atoms with Gasteiger partial charge in [-0.3, -0.25) is 13.9 Å². The number of rotatable bonds is 4. The van der Waals surface area contributed by atoms with Crippen molar-refractivity contribution in [2.75, 3.05) is 6.61 Å². The molecule has 2 aromatic rings. The van der Waals surface area contributed by atoms with Crippen molar-refractivity contribution in [2.45, 2.75) is 31.5 Å². The Kier molecular flexibility index (Phi) is 5.31. The summed E-state index contributed by atoms with van der Waals surface area (Å²) in [6, 6.07) is 0. The van der Waals surface area contributed by atoms with Gasteiger partial charge in [0.2, 0.25) is 4.77 Å². The number of halogens is 1. The third-order valence-corrected chi connectivity index (χ3v) is 4.92. The number of ether oxygens (including phenoxy) is 1. The van der Waals surface area contributed by atoms with Gasteiger partial charge in [-0.1, -0.05) is 0 Å². The summed E-state index contributed by atoms with van der Waals surface area (Å²) < 4.78 is 35.4. The molecule has 0 amide bonds. The van der Waals surface area contributed by atoms with Crippen LogP contribution in [-0.2, 0) is 13.8 Å². The Hall–Kier alpha value is -1.57. The molecule has 0 spiro atoms. The van der Waals surface area contributed by atoms with E-state index in [1.807, 2.05) is 0 Å². The van der Waals surface area contributed by atoms with Crippen LogP contribution in [0.3, 0.4) is 0 Å². The lowest BCUT2D eigenvalue weighted by atomic mass is 10.1. The van der Waals surface area contributed by atoms with Crippen LogP contribution >= 0.6 is 20.0 Å². The smallest absolute Gasteiger partial charge is 0.387 e. The lowest BCUT2D eigenvalue weighted by molar-refractivity contribution is -0.0531. The molecule has 1 aliphatic rings. The van der Waals surface area contributed by atoms with Crippen LogP contribution in [0.15, 0.2) is 11.0 Å². The molecule has 1 saturated heterocycles. The number of aromatic amines is 1. The zero-order valence-corrected chi connectivity index (χ0v) is 15.4. The first-order valence-corrected chi connectivity index (χ1v) is 9.46. The van der Waals surface area contributed by atoms with Crippen molar-refractivity contribution < 1.29 is 38.2 Å². The van der Waals surface area contributed by atoms with Gasteiger partial charge in [-0.25, -0.2) is 13.9 Å². The van der Waals surface area contributed by atoms with Crippen LogP contribution in [0.2, 0.25) is 0 Å². The van der Waals surface area contributed by atoms with E-state index in [0.717, 1.165) is 4.57 Å². The molecule has 3 rings (SSSR count). The minimum absolute atomic E-state index is 0.000539. The molecular weight excluding hydrogens is 408 g/mol. The van der Waals surface area contributed by atoms with Gasteiger partial charge in [-0.05, 0) is 19.1 Å². The molecule has 0 saturated carbocycles. The molecule has 11 nitrogen and oxygen atoms in total. The molecule has 1 aliphatic heterocycles. The fraction of sp³-hybridized carbons (Fsp3) is 0.462. The molecule has 3 heterocycles. The van der Waals surface area contributed by atoms with E-state index in [4.69, 9.17) is 26.7 Å². The number of aromatic nitrogens is 3. The highest BCUT2D eigenvalue weighted by Gasteiger charge is 2.44. The van der Waals surface area contributed by atoms with Crippen molar-refractivity contribution in [1.29, 1.82) is 0 Å². The number of fused-ring (bicyclic) bond motifs is 1. The van der Waals surface area contributed by atoms with Crippen molar-refractivity contribution in [3.8, 4) is 0 Å². The van der Waals surface area contributed by atoms with E-state index >= 15 is 0 Å². The van der Waals surface area contributed by atoms with E-state index < -0.39 is 50.3 Å². The first-order chi connectivity index (χ1) is 12.5. The van der Waals surface area contributed by atoms with Crippen molar-refractivity contribution in [1.82, 2.24) is 14.5 Å². The third kappa shape index (κ3) is 3.86. The van der Waals surface area contributed by atoms with E-state index in [0.29, 0.717) is 0 Å². The highest BCUT2D eigenvalue weighted by Crippen LogP contribution is 2.38. The molecule has 2 aromatic heterocycles. The minimum Gasteiger partial charge on any atom is -0.387 e. The Labute approximate surface area is 155 Å². The summed E-state index contributed by atoms with van der Waals surface area (Å²) >= 11 is 5.10. The van der Waals surface area contributed by atoms with Crippen LogP contribution in [0.5, 0.6) is 0 Å². The van der Waals surface area contributed by atoms with Crippen molar-refractivity contribution in [3.05, 3.63) is 32.7 Å². The minimum atomic E-state index is -4.80. The number of pyridine rings is 1. The van der Waals surface area contributed by atoms with Gasteiger partial charge in [0.25, 0.3) is 5.56 Å². The Morgan fingerprint density at radius 3 is 2.74 bits per heavy atom. The van der Waals surface area contributed by atoms with Crippen LogP contribution in [0.25, 0.3) is 11.0 Å². The molecule has 14 heteroatoms. The standard InChI is InChI=1S/C13H15FN3O8PS/c1-4-5-2-17(13(27)16-10(5)15-11(20)7(4)14)12-9(19)8(18)6(25-12)3-24-26(21,22)23/h2,6,8-9,12,18-19H,3H2,1H3,(H2,21,22,23)(H,15,16,20,27)/t6-,8?,9+,12-/m1/s1. The lowest BCUT2D eigenvalue weighted by Crippen LogP contribution is -2.33. The number of hydrogen-bond donors (Lipinski definition) is 5. The molecule has 148 valence electrons. The van der Waals surface area contributed by atoms with Gasteiger partial charge < -0.3 is 29.7 Å². The molecule has 5 N–H and O–H groups in total. The summed E-state index contributed by atoms with van der Waals surface area (Å²) in [5.41, 5.74) is -0.921. The molecule has 1 fully saturated rings. The predicted molar refractivity (Wildman–Crippen MR) is 89.8 cm³/mol. The van der Waals surface area contributed by atoms with Crippen LogP contribution in [0.4, 0.5) is 4.39 Å². The zero-order chi connectivity index (χ0) is 20.1. The Morgan fingerprint density at radius 1 is 1.44 bits per heavy atom. The van der Waals surface area contributed by atoms with Crippen LogP contribution < -0.4 is 5.56 Å². The summed E-state index contributed by atoms with van der Waals surface area (Å²) in [7, 11) is -4.80. The van der Waals surface area contributed by atoms with Gasteiger partial charge in [0.1, 0.15) is 24.0 Å². The largest absolute Gasteiger partial charge is 0.469 e. The summed E-state index contributed by atoms with van der Waals surface area (Å²) in [5.74, 6) is -1.01. The maximum Gasteiger partial charge on any atom is 0.469 e. The molecular formula is C13H15FN3O8PS. The average molecular weight is 423 g/mol. The number of aliphatic hydroxyl groups is 2. The number of phosphoric ester groups is 1. The second-order valence-corrected chi connectivity index (χ2v) is 7.52. The van der Waals surface area contributed by atoms with E-state index in [-0.39, 0.29) is 21.4 Å². The fourth-order valence-electron chi connectivity index (χ4n) is 2.74. The maximum atomic E-state index is 13.9. The van der Waals surface area contributed by atoms with Gasteiger partial charge in [-0.2, -0.15) is 0 Å². The van der Waals surface area contributed by atoms with Crippen LogP contribution in [-0.4, -0.2) is 59.5 Å². The van der Waals surface area contributed by atoms with Crippen LogP contribution in [0.1, 0.15) is 11.8 Å². The lowest BCUT2D eigenvalue weighted by Gasteiger charge is -2.19. The molecule has 1 unspecified atom stereocenters. The van der Waals surface area contributed by atoms with Gasteiger partial charge in [0.05, 0.1) is 6.61 Å². The molecule has 0 bridgehead atoms. The normalized spacial score (nSPS) is 26.0. The molecule has 0 aromatic carbocycles. The number of hydrogen-bond acceptors (Lipinski definition) is 8. The van der Waals surface area contributed by atoms with Crippen LogP contribution in [0, 0.1) is 17.5 Å². The number of phosphoric acid groups is 1. The van der Waals surface area contributed by atoms with E-state index in [2.05, 4.69) is 14.5 Å². The highest BCUT2D eigenvalue weighted by molar-refractivity contribution is 7.71. The topological polar surface area (TPSA) is 167 Å². The number of H-pyrrole nitrogens is 1.